The van der Waals surface area contributed by atoms with Crippen molar-refractivity contribution in [2.75, 3.05) is 17.6 Å². The van der Waals surface area contributed by atoms with Gasteiger partial charge in [0.25, 0.3) is 0 Å². The fourth-order valence-electron chi connectivity index (χ4n) is 1.57. The van der Waals surface area contributed by atoms with Crippen molar-refractivity contribution in [2.45, 2.75) is 20.3 Å². The van der Waals surface area contributed by atoms with Crippen LogP contribution in [-0.4, -0.2) is 16.5 Å². The zero-order chi connectivity index (χ0) is 13.7. The van der Waals surface area contributed by atoms with E-state index in [0.29, 0.717) is 11.7 Å². The summed E-state index contributed by atoms with van der Waals surface area (Å²) < 4.78 is 5.66. The van der Waals surface area contributed by atoms with E-state index in [1.807, 2.05) is 31.2 Å². The summed E-state index contributed by atoms with van der Waals surface area (Å²) in [5, 5.41) is 3.16. The van der Waals surface area contributed by atoms with Crippen LogP contribution < -0.4 is 15.8 Å². The Morgan fingerprint density at radius 3 is 2.63 bits per heavy atom. The van der Waals surface area contributed by atoms with E-state index in [0.717, 1.165) is 18.7 Å². The standard InChI is InChI=1S/C14H18N4O/c1-3-8-16-12-9-13(18-14(15)17-12)19-11-6-4-10(2)5-7-11/h4-7,9H,3,8H2,1-2H3,(H3,15,16,17,18). The minimum atomic E-state index is 0.197. The number of aryl methyl sites for hydroxylation is 1. The van der Waals surface area contributed by atoms with E-state index in [4.69, 9.17) is 10.5 Å². The summed E-state index contributed by atoms with van der Waals surface area (Å²) in [4.78, 5) is 8.17. The van der Waals surface area contributed by atoms with Crippen LogP contribution in [0.25, 0.3) is 0 Å². The molecule has 19 heavy (non-hydrogen) atoms. The maximum atomic E-state index is 5.67. The molecule has 1 heterocycles. The van der Waals surface area contributed by atoms with Crippen LogP contribution in [0.3, 0.4) is 0 Å². The van der Waals surface area contributed by atoms with Gasteiger partial charge >= 0.3 is 0 Å². The van der Waals surface area contributed by atoms with Crippen molar-refractivity contribution in [1.29, 1.82) is 0 Å². The highest BCUT2D eigenvalue weighted by Gasteiger charge is 2.04. The first kappa shape index (κ1) is 13.1. The predicted molar refractivity (Wildman–Crippen MR) is 76.5 cm³/mol. The molecule has 1 aromatic heterocycles. The molecule has 0 fully saturated rings. The van der Waals surface area contributed by atoms with Gasteiger partial charge in [0.1, 0.15) is 11.6 Å². The maximum absolute atomic E-state index is 5.67. The highest BCUT2D eigenvalue weighted by Crippen LogP contribution is 2.22. The van der Waals surface area contributed by atoms with Crippen LogP contribution in [0.1, 0.15) is 18.9 Å². The maximum Gasteiger partial charge on any atom is 0.226 e. The molecule has 100 valence electrons. The minimum Gasteiger partial charge on any atom is -0.439 e. The topological polar surface area (TPSA) is 73.1 Å². The first-order chi connectivity index (χ1) is 9.17. The lowest BCUT2D eigenvalue weighted by molar-refractivity contribution is 0.463. The second-order valence-electron chi connectivity index (χ2n) is 4.29. The molecule has 0 aliphatic heterocycles. The minimum absolute atomic E-state index is 0.197. The summed E-state index contributed by atoms with van der Waals surface area (Å²) in [7, 11) is 0. The molecular weight excluding hydrogens is 240 g/mol. The van der Waals surface area contributed by atoms with Gasteiger partial charge in [-0.2, -0.15) is 9.97 Å². The van der Waals surface area contributed by atoms with E-state index in [1.54, 1.807) is 6.07 Å². The summed E-state index contributed by atoms with van der Waals surface area (Å²) >= 11 is 0. The van der Waals surface area contributed by atoms with Crippen LogP contribution in [0.4, 0.5) is 11.8 Å². The van der Waals surface area contributed by atoms with E-state index < -0.39 is 0 Å². The Bertz CT molecular complexity index is 540. The van der Waals surface area contributed by atoms with Crippen molar-refractivity contribution in [2.24, 2.45) is 0 Å². The average Bonchev–Trinajstić information content (AvgIpc) is 2.38. The summed E-state index contributed by atoms with van der Waals surface area (Å²) in [6.07, 6.45) is 1.01. The quantitative estimate of drug-likeness (QED) is 0.862. The molecule has 0 bridgehead atoms. The number of rotatable bonds is 5. The summed E-state index contributed by atoms with van der Waals surface area (Å²) in [6.45, 7) is 4.95. The summed E-state index contributed by atoms with van der Waals surface area (Å²) in [5.74, 6) is 2.04. The Kier molecular flexibility index (Phi) is 4.18. The Balaban J connectivity index is 2.15. The lowest BCUT2D eigenvalue weighted by atomic mass is 10.2. The molecule has 0 saturated carbocycles. The Morgan fingerprint density at radius 1 is 1.21 bits per heavy atom. The van der Waals surface area contributed by atoms with Gasteiger partial charge in [-0.25, -0.2) is 0 Å². The number of nitrogen functional groups attached to an aromatic ring is 1. The van der Waals surface area contributed by atoms with Gasteiger partial charge < -0.3 is 15.8 Å². The smallest absolute Gasteiger partial charge is 0.226 e. The third kappa shape index (κ3) is 3.84. The van der Waals surface area contributed by atoms with Gasteiger partial charge in [-0.15, -0.1) is 0 Å². The predicted octanol–water partition coefficient (Wildman–Crippen LogP) is 2.98. The van der Waals surface area contributed by atoms with Crippen LogP contribution in [0.2, 0.25) is 0 Å². The van der Waals surface area contributed by atoms with Gasteiger partial charge in [0.2, 0.25) is 11.8 Å². The van der Waals surface area contributed by atoms with Crippen molar-refractivity contribution in [3.05, 3.63) is 35.9 Å². The molecule has 2 rings (SSSR count). The van der Waals surface area contributed by atoms with Crippen LogP contribution in [0.5, 0.6) is 11.6 Å². The molecule has 1 aromatic carbocycles. The number of nitrogens with one attached hydrogen (secondary N) is 1. The van der Waals surface area contributed by atoms with Crippen LogP contribution in [0.15, 0.2) is 30.3 Å². The lowest BCUT2D eigenvalue weighted by Crippen LogP contribution is -2.05. The molecule has 0 aliphatic carbocycles. The zero-order valence-electron chi connectivity index (χ0n) is 11.2. The normalized spacial score (nSPS) is 10.2. The fourth-order valence-corrected chi connectivity index (χ4v) is 1.57. The van der Waals surface area contributed by atoms with Crippen molar-refractivity contribution in [1.82, 2.24) is 9.97 Å². The van der Waals surface area contributed by atoms with Gasteiger partial charge in [0, 0.05) is 12.6 Å². The number of anilines is 2. The van der Waals surface area contributed by atoms with E-state index in [2.05, 4.69) is 22.2 Å². The third-order valence-electron chi connectivity index (χ3n) is 2.52. The monoisotopic (exact) mass is 258 g/mol. The van der Waals surface area contributed by atoms with Crippen molar-refractivity contribution in [3.8, 4) is 11.6 Å². The largest absolute Gasteiger partial charge is 0.439 e. The number of aromatic nitrogens is 2. The van der Waals surface area contributed by atoms with Gasteiger partial charge in [0.15, 0.2) is 0 Å². The van der Waals surface area contributed by atoms with E-state index in [9.17, 15) is 0 Å². The highest BCUT2D eigenvalue weighted by atomic mass is 16.5. The molecule has 0 radical (unpaired) electrons. The number of nitrogens with two attached hydrogens (primary N) is 1. The Hall–Kier alpha value is -2.30. The highest BCUT2D eigenvalue weighted by molar-refractivity contribution is 5.44. The number of ether oxygens (including phenoxy) is 1. The molecule has 0 unspecified atom stereocenters. The first-order valence-corrected chi connectivity index (χ1v) is 6.30. The number of hydrogen-bond acceptors (Lipinski definition) is 5. The number of hydrogen-bond donors (Lipinski definition) is 2. The number of nitrogens with zero attached hydrogens (tertiary/aromatic N) is 2. The molecule has 2 aromatic rings. The molecular formula is C14H18N4O. The molecule has 3 N–H and O–H groups in total. The average molecular weight is 258 g/mol. The van der Waals surface area contributed by atoms with Crippen LogP contribution >= 0.6 is 0 Å². The van der Waals surface area contributed by atoms with E-state index >= 15 is 0 Å². The van der Waals surface area contributed by atoms with Gasteiger partial charge in [-0.3, -0.25) is 0 Å². The van der Waals surface area contributed by atoms with Gasteiger partial charge in [-0.1, -0.05) is 24.6 Å². The van der Waals surface area contributed by atoms with E-state index in [1.165, 1.54) is 5.56 Å². The molecule has 0 saturated heterocycles. The fraction of sp³-hybridized carbons (Fsp3) is 0.286. The lowest BCUT2D eigenvalue weighted by Gasteiger charge is -2.08. The SMILES string of the molecule is CCCNc1cc(Oc2ccc(C)cc2)nc(N)n1. The second-order valence-corrected chi connectivity index (χ2v) is 4.29. The van der Waals surface area contributed by atoms with Crippen LogP contribution in [-0.2, 0) is 0 Å². The molecule has 5 nitrogen and oxygen atoms in total. The first-order valence-electron chi connectivity index (χ1n) is 6.30. The zero-order valence-corrected chi connectivity index (χ0v) is 11.2. The third-order valence-corrected chi connectivity index (χ3v) is 2.52. The van der Waals surface area contributed by atoms with Crippen LogP contribution in [0, 0.1) is 6.92 Å². The Labute approximate surface area is 112 Å². The van der Waals surface area contributed by atoms with E-state index in [-0.39, 0.29) is 5.95 Å². The van der Waals surface area contributed by atoms with Crippen molar-refractivity contribution >= 4 is 11.8 Å². The molecule has 0 amide bonds. The second kappa shape index (κ2) is 6.04. The molecule has 0 aliphatic rings. The summed E-state index contributed by atoms with van der Waals surface area (Å²) in [5.41, 5.74) is 6.85. The number of benzene rings is 1. The molecule has 5 heteroatoms. The van der Waals surface area contributed by atoms with Gasteiger partial charge in [-0.05, 0) is 25.5 Å². The van der Waals surface area contributed by atoms with Gasteiger partial charge in [0.05, 0.1) is 0 Å². The molecule has 0 atom stereocenters. The Morgan fingerprint density at radius 2 is 1.95 bits per heavy atom. The molecule has 0 spiro atoms. The van der Waals surface area contributed by atoms with Crippen molar-refractivity contribution in [3.63, 3.8) is 0 Å². The van der Waals surface area contributed by atoms with Crippen molar-refractivity contribution < 1.29 is 4.74 Å². The summed E-state index contributed by atoms with van der Waals surface area (Å²) in [6, 6.07) is 9.50.